The highest BCUT2D eigenvalue weighted by Crippen LogP contribution is 2.14. The molecule has 0 spiro atoms. The Hall–Kier alpha value is -0.820. The molecule has 1 fully saturated rings. The van der Waals surface area contributed by atoms with Gasteiger partial charge in [0.2, 0.25) is 5.91 Å². The molecule has 21 heavy (non-hydrogen) atoms. The summed E-state index contributed by atoms with van der Waals surface area (Å²) in [4.78, 5) is 11.7. The molecule has 0 aromatic heterocycles. The van der Waals surface area contributed by atoms with Gasteiger partial charge in [-0.05, 0) is 11.6 Å². The predicted octanol–water partition coefficient (Wildman–Crippen LogP) is 1.59. The zero-order valence-corrected chi connectivity index (χ0v) is 13.3. The quantitative estimate of drug-likeness (QED) is 0.776. The number of hydrogen-bond acceptors (Lipinski definition) is 4. The van der Waals surface area contributed by atoms with Crippen molar-refractivity contribution >= 4 is 30.1 Å². The standard InChI is InChI=1S/C14H19FN2O2S.ClH/c15-12-4-2-1-3-11(12)10-20-8-6-17-14(18)13-9-16-5-7-19-13;/h1-4,13,16H,5-10H2,(H,17,18);1H. The van der Waals surface area contributed by atoms with E-state index in [-0.39, 0.29) is 30.2 Å². The number of carbonyl (C=O) groups is 1. The second-order valence-corrected chi connectivity index (χ2v) is 5.60. The van der Waals surface area contributed by atoms with E-state index in [0.29, 0.717) is 31.0 Å². The van der Waals surface area contributed by atoms with E-state index >= 15 is 0 Å². The van der Waals surface area contributed by atoms with Gasteiger partial charge in [0.1, 0.15) is 11.9 Å². The van der Waals surface area contributed by atoms with E-state index in [0.717, 1.165) is 12.3 Å². The summed E-state index contributed by atoms with van der Waals surface area (Å²) in [6, 6.07) is 6.75. The minimum Gasteiger partial charge on any atom is -0.366 e. The maximum Gasteiger partial charge on any atom is 0.250 e. The molecular weight excluding hydrogens is 315 g/mol. The van der Waals surface area contributed by atoms with Crippen LogP contribution in [0, 0.1) is 5.82 Å². The van der Waals surface area contributed by atoms with Gasteiger partial charge in [-0.3, -0.25) is 4.79 Å². The number of halogens is 2. The van der Waals surface area contributed by atoms with Crippen LogP contribution < -0.4 is 10.6 Å². The molecule has 1 aromatic carbocycles. The Bertz CT molecular complexity index is 445. The van der Waals surface area contributed by atoms with E-state index in [2.05, 4.69) is 10.6 Å². The van der Waals surface area contributed by atoms with E-state index in [9.17, 15) is 9.18 Å². The minimum atomic E-state index is -0.389. The van der Waals surface area contributed by atoms with E-state index in [4.69, 9.17) is 4.74 Å². The molecule has 1 unspecified atom stereocenters. The summed E-state index contributed by atoms with van der Waals surface area (Å²) in [5, 5.41) is 5.95. The van der Waals surface area contributed by atoms with Crippen molar-refractivity contribution in [2.75, 3.05) is 32.0 Å². The molecule has 0 aliphatic carbocycles. The maximum absolute atomic E-state index is 13.4. The third kappa shape index (κ3) is 6.22. The predicted molar refractivity (Wildman–Crippen MR) is 85.4 cm³/mol. The summed E-state index contributed by atoms with van der Waals surface area (Å²) >= 11 is 1.60. The van der Waals surface area contributed by atoms with Gasteiger partial charge in [-0.15, -0.1) is 12.4 Å². The fourth-order valence-corrected chi connectivity index (χ4v) is 2.74. The molecule has 1 aliphatic rings. The Balaban J connectivity index is 0.00000220. The highest BCUT2D eigenvalue weighted by Gasteiger charge is 2.20. The summed E-state index contributed by atoms with van der Waals surface area (Å²) in [7, 11) is 0. The third-order valence-electron chi connectivity index (χ3n) is 2.98. The second-order valence-electron chi connectivity index (χ2n) is 4.50. The third-order valence-corrected chi connectivity index (χ3v) is 3.99. The molecule has 0 radical (unpaired) electrons. The lowest BCUT2D eigenvalue weighted by Crippen LogP contribution is -2.48. The summed E-state index contributed by atoms with van der Waals surface area (Å²) in [6.45, 7) is 2.49. The molecule has 0 saturated carbocycles. The first-order valence-electron chi connectivity index (χ1n) is 6.68. The first-order chi connectivity index (χ1) is 9.77. The number of amides is 1. The van der Waals surface area contributed by atoms with Crippen LogP contribution in [0.25, 0.3) is 0 Å². The number of nitrogens with one attached hydrogen (secondary N) is 2. The average Bonchev–Trinajstić information content (AvgIpc) is 2.49. The maximum atomic E-state index is 13.4. The second kappa shape index (κ2) is 10.00. The Morgan fingerprint density at radius 2 is 2.29 bits per heavy atom. The molecular formula is C14H20ClFN2O2S. The lowest BCUT2D eigenvalue weighted by molar-refractivity contribution is -0.134. The summed E-state index contributed by atoms with van der Waals surface area (Å²) < 4.78 is 18.7. The van der Waals surface area contributed by atoms with Gasteiger partial charge < -0.3 is 15.4 Å². The van der Waals surface area contributed by atoms with Crippen LogP contribution in [0.1, 0.15) is 5.56 Å². The van der Waals surface area contributed by atoms with Crippen molar-refractivity contribution in [1.29, 1.82) is 0 Å². The van der Waals surface area contributed by atoms with Crippen LogP contribution in [0.5, 0.6) is 0 Å². The zero-order chi connectivity index (χ0) is 14.2. The van der Waals surface area contributed by atoms with Gasteiger partial charge in [-0.2, -0.15) is 11.8 Å². The van der Waals surface area contributed by atoms with Gasteiger partial charge in [-0.1, -0.05) is 18.2 Å². The number of ether oxygens (including phenoxy) is 1. The molecule has 1 atom stereocenters. The molecule has 4 nitrogen and oxygen atoms in total. The van der Waals surface area contributed by atoms with Crippen LogP contribution in [0.15, 0.2) is 24.3 Å². The molecule has 1 aromatic rings. The highest BCUT2D eigenvalue weighted by atomic mass is 35.5. The van der Waals surface area contributed by atoms with E-state index in [1.807, 2.05) is 6.07 Å². The van der Waals surface area contributed by atoms with Gasteiger partial charge in [-0.25, -0.2) is 4.39 Å². The SMILES string of the molecule is Cl.O=C(NCCSCc1ccccc1F)C1CNCCO1. The molecule has 118 valence electrons. The summed E-state index contributed by atoms with van der Waals surface area (Å²) in [6.07, 6.45) is -0.389. The highest BCUT2D eigenvalue weighted by molar-refractivity contribution is 7.98. The molecule has 7 heteroatoms. The first kappa shape index (κ1) is 18.2. The topological polar surface area (TPSA) is 50.4 Å². The number of thioether (sulfide) groups is 1. The van der Waals surface area contributed by atoms with Gasteiger partial charge in [0.05, 0.1) is 6.61 Å². The smallest absolute Gasteiger partial charge is 0.250 e. The van der Waals surface area contributed by atoms with Crippen LogP contribution >= 0.6 is 24.2 Å². The van der Waals surface area contributed by atoms with E-state index in [1.54, 1.807) is 23.9 Å². The Kier molecular flexibility index (Phi) is 8.68. The molecule has 1 heterocycles. The lowest BCUT2D eigenvalue weighted by atomic mass is 10.2. The number of hydrogen-bond donors (Lipinski definition) is 2. The molecule has 2 N–H and O–H groups in total. The minimum absolute atomic E-state index is 0. The van der Waals surface area contributed by atoms with Gasteiger partial charge in [0, 0.05) is 31.1 Å². The van der Waals surface area contributed by atoms with Gasteiger partial charge in [0.15, 0.2) is 0 Å². The molecule has 1 aliphatic heterocycles. The van der Waals surface area contributed by atoms with E-state index < -0.39 is 0 Å². The fraction of sp³-hybridized carbons (Fsp3) is 0.500. The summed E-state index contributed by atoms with van der Waals surface area (Å²) in [5.74, 6) is 1.11. The Morgan fingerprint density at radius 1 is 1.48 bits per heavy atom. The molecule has 1 amide bonds. The van der Waals surface area contributed by atoms with Crippen molar-refractivity contribution in [1.82, 2.24) is 10.6 Å². The number of carbonyl (C=O) groups excluding carboxylic acids is 1. The van der Waals surface area contributed by atoms with Crippen molar-refractivity contribution in [2.45, 2.75) is 11.9 Å². The number of rotatable bonds is 6. The molecule has 1 saturated heterocycles. The van der Waals surface area contributed by atoms with Crippen molar-refractivity contribution in [2.24, 2.45) is 0 Å². The largest absolute Gasteiger partial charge is 0.366 e. The first-order valence-corrected chi connectivity index (χ1v) is 7.84. The van der Waals surface area contributed by atoms with Gasteiger partial charge in [0.25, 0.3) is 0 Å². The fourth-order valence-electron chi connectivity index (χ4n) is 1.89. The van der Waals surface area contributed by atoms with Crippen LogP contribution in [-0.4, -0.2) is 44.0 Å². The van der Waals surface area contributed by atoms with Crippen LogP contribution in [-0.2, 0) is 15.3 Å². The van der Waals surface area contributed by atoms with Crippen molar-refractivity contribution in [3.63, 3.8) is 0 Å². The van der Waals surface area contributed by atoms with Crippen molar-refractivity contribution in [3.8, 4) is 0 Å². The number of benzene rings is 1. The normalized spacial score (nSPS) is 17.9. The van der Waals surface area contributed by atoms with E-state index in [1.165, 1.54) is 6.07 Å². The Labute approximate surface area is 134 Å². The van der Waals surface area contributed by atoms with Crippen LogP contribution in [0.3, 0.4) is 0 Å². The Morgan fingerprint density at radius 3 is 3.00 bits per heavy atom. The lowest BCUT2D eigenvalue weighted by Gasteiger charge is -2.22. The average molecular weight is 335 g/mol. The monoisotopic (exact) mass is 334 g/mol. The number of morpholine rings is 1. The van der Waals surface area contributed by atoms with Crippen molar-refractivity contribution < 1.29 is 13.9 Å². The van der Waals surface area contributed by atoms with Crippen LogP contribution in [0.4, 0.5) is 4.39 Å². The molecule has 0 bridgehead atoms. The van der Waals surface area contributed by atoms with Crippen molar-refractivity contribution in [3.05, 3.63) is 35.6 Å². The summed E-state index contributed by atoms with van der Waals surface area (Å²) in [5.41, 5.74) is 0.698. The zero-order valence-electron chi connectivity index (χ0n) is 11.6. The molecule has 2 rings (SSSR count). The van der Waals surface area contributed by atoms with Crippen LogP contribution in [0.2, 0.25) is 0 Å². The van der Waals surface area contributed by atoms with Gasteiger partial charge >= 0.3 is 0 Å².